The third kappa shape index (κ3) is 2.60. The summed E-state index contributed by atoms with van der Waals surface area (Å²) in [6, 6.07) is 12.9. The van der Waals surface area contributed by atoms with Gasteiger partial charge in [0, 0.05) is 17.1 Å². The molecule has 0 unspecified atom stereocenters. The Hall–Kier alpha value is -2.85. The highest BCUT2D eigenvalue weighted by atomic mass is 32.2. The summed E-state index contributed by atoms with van der Waals surface area (Å²) in [5.74, 6) is -1.30. The first kappa shape index (κ1) is 19.1. The summed E-state index contributed by atoms with van der Waals surface area (Å²) in [5, 5.41) is 0.589. The molecule has 1 fully saturated rings. The average Bonchev–Trinajstić information content (AvgIpc) is 3.30. The largest absolute Gasteiger partial charge is 0.455 e. The molecular formula is C20H18N2O6S2. The number of aromatic nitrogens is 1. The van der Waals surface area contributed by atoms with Gasteiger partial charge in [0.25, 0.3) is 0 Å². The van der Waals surface area contributed by atoms with Gasteiger partial charge in [-0.05, 0) is 17.7 Å². The summed E-state index contributed by atoms with van der Waals surface area (Å²) >= 11 is 0. The SMILES string of the molecule is CS(=O)(=O)N1c2ccccc2[C@H]2C(=O)O[C@@H](c3cn(S(C)(=O)=O)c4ccccc34)[C@H]21. The van der Waals surface area contributed by atoms with Gasteiger partial charge >= 0.3 is 5.97 Å². The number of para-hydroxylation sites is 2. The topological polar surface area (TPSA) is 103 Å². The first-order chi connectivity index (χ1) is 14.1. The van der Waals surface area contributed by atoms with Crippen LogP contribution >= 0.6 is 0 Å². The van der Waals surface area contributed by atoms with Crippen molar-refractivity contribution in [2.24, 2.45) is 0 Å². The number of carbonyl (C=O) groups excluding carboxylic acids is 1. The second-order valence-corrected chi connectivity index (χ2v) is 11.3. The van der Waals surface area contributed by atoms with Crippen LogP contribution in [0.3, 0.4) is 0 Å². The predicted molar refractivity (Wildman–Crippen MR) is 111 cm³/mol. The van der Waals surface area contributed by atoms with E-state index >= 15 is 0 Å². The molecule has 0 spiro atoms. The maximum atomic E-state index is 12.8. The Kier molecular flexibility index (Phi) is 3.88. The van der Waals surface area contributed by atoms with Crippen molar-refractivity contribution < 1.29 is 26.4 Å². The number of hydrogen-bond donors (Lipinski definition) is 0. The van der Waals surface area contributed by atoms with Crippen LogP contribution < -0.4 is 4.31 Å². The average molecular weight is 447 g/mol. The molecule has 1 aromatic heterocycles. The van der Waals surface area contributed by atoms with Crippen molar-refractivity contribution in [3.63, 3.8) is 0 Å². The molecule has 0 aliphatic carbocycles. The van der Waals surface area contributed by atoms with E-state index in [1.807, 2.05) is 0 Å². The fraction of sp³-hybridized carbons (Fsp3) is 0.250. The Labute approximate surface area is 173 Å². The van der Waals surface area contributed by atoms with E-state index in [4.69, 9.17) is 4.74 Å². The molecule has 8 nitrogen and oxygen atoms in total. The number of ether oxygens (including phenoxy) is 1. The molecule has 0 N–H and O–H groups in total. The maximum absolute atomic E-state index is 12.8. The summed E-state index contributed by atoms with van der Waals surface area (Å²) in [5.41, 5.74) is 1.94. The van der Waals surface area contributed by atoms with E-state index in [1.165, 1.54) is 10.5 Å². The van der Waals surface area contributed by atoms with Crippen LogP contribution in [0.5, 0.6) is 0 Å². The number of hydrogen-bond acceptors (Lipinski definition) is 6. The second kappa shape index (κ2) is 6.08. The van der Waals surface area contributed by atoms with Gasteiger partial charge in [0.15, 0.2) is 6.10 Å². The minimum atomic E-state index is -3.73. The number of cyclic esters (lactones) is 1. The number of esters is 1. The Bertz CT molecular complexity index is 1420. The molecular weight excluding hydrogens is 428 g/mol. The van der Waals surface area contributed by atoms with Crippen molar-refractivity contribution in [2.45, 2.75) is 18.1 Å². The Morgan fingerprint density at radius 1 is 0.867 bits per heavy atom. The van der Waals surface area contributed by atoms with Crippen LogP contribution in [-0.2, 0) is 29.6 Å². The van der Waals surface area contributed by atoms with Gasteiger partial charge < -0.3 is 4.74 Å². The summed E-state index contributed by atoms with van der Waals surface area (Å²) < 4.78 is 58.1. The number of benzene rings is 2. The molecule has 0 bridgehead atoms. The van der Waals surface area contributed by atoms with E-state index in [9.17, 15) is 21.6 Å². The maximum Gasteiger partial charge on any atom is 0.316 e. The van der Waals surface area contributed by atoms with Crippen molar-refractivity contribution in [3.8, 4) is 0 Å². The zero-order chi connectivity index (χ0) is 21.4. The standard InChI is InChI=1S/C20H18N2O6S2/c1-29(24,25)21-11-14(12-7-3-5-9-15(12)21)19-18-17(20(23)28-19)13-8-4-6-10-16(13)22(18)30(2,26)27/h3-11,17-19H,1-2H3/t17-,18+,19+/m1/s1. The van der Waals surface area contributed by atoms with Crippen LogP contribution in [0, 0.1) is 0 Å². The van der Waals surface area contributed by atoms with Gasteiger partial charge in [-0.2, -0.15) is 0 Å². The quantitative estimate of drug-likeness (QED) is 0.570. The molecule has 1 saturated heterocycles. The van der Waals surface area contributed by atoms with E-state index < -0.39 is 44.1 Å². The van der Waals surface area contributed by atoms with Gasteiger partial charge in [0.1, 0.15) is 12.0 Å². The number of anilines is 1. The van der Waals surface area contributed by atoms with Gasteiger partial charge in [-0.1, -0.05) is 36.4 Å². The van der Waals surface area contributed by atoms with Crippen LogP contribution in [0.25, 0.3) is 10.9 Å². The third-order valence-electron chi connectivity index (χ3n) is 5.66. The monoisotopic (exact) mass is 446 g/mol. The second-order valence-electron chi connectivity index (χ2n) is 7.60. The highest BCUT2D eigenvalue weighted by Crippen LogP contribution is 2.53. The van der Waals surface area contributed by atoms with Crippen molar-refractivity contribution >= 4 is 42.6 Å². The first-order valence-electron chi connectivity index (χ1n) is 9.18. The molecule has 0 amide bonds. The van der Waals surface area contributed by atoms with Gasteiger partial charge in [0.2, 0.25) is 20.0 Å². The minimum Gasteiger partial charge on any atom is -0.455 e. The molecule has 3 heterocycles. The molecule has 2 aliphatic heterocycles. The van der Waals surface area contributed by atoms with Gasteiger partial charge in [0.05, 0.1) is 23.7 Å². The normalized spacial score (nSPS) is 23.5. The smallest absolute Gasteiger partial charge is 0.316 e. The fourth-order valence-electron chi connectivity index (χ4n) is 4.59. The molecule has 10 heteroatoms. The van der Waals surface area contributed by atoms with Crippen molar-refractivity contribution in [1.82, 2.24) is 3.97 Å². The van der Waals surface area contributed by atoms with Crippen molar-refractivity contribution in [2.75, 3.05) is 16.8 Å². The first-order valence-corrected chi connectivity index (χ1v) is 12.9. The number of nitrogens with zero attached hydrogens (tertiary/aromatic N) is 2. The summed E-state index contributed by atoms with van der Waals surface area (Å²) in [6.45, 7) is 0. The van der Waals surface area contributed by atoms with Gasteiger partial charge in [-0.25, -0.2) is 20.8 Å². The molecule has 5 rings (SSSR count). The Balaban J connectivity index is 1.76. The van der Waals surface area contributed by atoms with Crippen LogP contribution in [-0.4, -0.2) is 45.3 Å². The minimum absolute atomic E-state index is 0.441. The van der Waals surface area contributed by atoms with E-state index in [0.29, 0.717) is 27.7 Å². The molecule has 0 radical (unpaired) electrons. The van der Waals surface area contributed by atoms with Crippen molar-refractivity contribution in [3.05, 3.63) is 65.9 Å². The van der Waals surface area contributed by atoms with Crippen LogP contribution in [0.1, 0.15) is 23.1 Å². The lowest BCUT2D eigenvalue weighted by molar-refractivity contribution is -0.142. The highest BCUT2D eigenvalue weighted by molar-refractivity contribution is 7.92. The Morgan fingerprint density at radius 3 is 2.23 bits per heavy atom. The number of carbonyl (C=O) groups is 1. The zero-order valence-electron chi connectivity index (χ0n) is 16.1. The number of rotatable bonds is 3. The van der Waals surface area contributed by atoms with E-state index in [-0.39, 0.29) is 0 Å². The molecule has 2 aromatic carbocycles. The third-order valence-corrected chi connectivity index (χ3v) is 7.83. The molecule has 3 aromatic rings. The lowest BCUT2D eigenvalue weighted by Crippen LogP contribution is -2.40. The number of sulfonamides is 1. The van der Waals surface area contributed by atoms with Gasteiger partial charge in [-0.3, -0.25) is 9.10 Å². The van der Waals surface area contributed by atoms with Gasteiger partial charge in [-0.15, -0.1) is 0 Å². The van der Waals surface area contributed by atoms with E-state index in [0.717, 1.165) is 16.5 Å². The molecule has 30 heavy (non-hydrogen) atoms. The molecule has 0 saturated carbocycles. The fourth-order valence-corrected chi connectivity index (χ4v) is 6.61. The predicted octanol–water partition coefficient (Wildman–Crippen LogP) is 1.98. The zero-order valence-corrected chi connectivity index (χ0v) is 17.7. The summed E-state index contributed by atoms with van der Waals surface area (Å²) in [4.78, 5) is 12.8. The van der Waals surface area contributed by atoms with E-state index in [1.54, 1.807) is 48.5 Å². The number of fused-ring (bicyclic) bond motifs is 4. The van der Waals surface area contributed by atoms with E-state index in [2.05, 4.69) is 0 Å². The molecule has 2 aliphatic rings. The lowest BCUT2D eigenvalue weighted by Gasteiger charge is -2.27. The van der Waals surface area contributed by atoms with Crippen LogP contribution in [0.2, 0.25) is 0 Å². The summed E-state index contributed by atoms with van der Waals surface area (Å²) in [7, 11) is -7.36. The van der Waals surface area contributed by atoms with Crippen LogP contribution in [0.4, 0.5) is 5.69 Å². The van der Waals surface area contributed by atoms with Crippen LogP contribution in [0.15, 0.2) is 54.7 Å². The molecule has 3 atom stereocenters. The Morgan fingerprint density at radius 2 is 1.53 bits per heavy atom. The highest BCUT2D eigenvalue weighted by Gasteiger charge is 2.57. The summed E-state index contributed by atoms with van der Waals surface area (Å²) in [6.07, 6.45) is 2.65. The molecule has 156 valence electrons. The lowest BCUT2D eigenvalue weighted by atomic mass is 9.92. The van der Waals surface area contributed by atoms with Crippen molar-refractivity contribution in [1.29, 1.82) is 0 Å².